The minimum absolute atomic E-state index is 0.204. The molecule has 0 radical (unpaired) electrons. The molecule has 6 amide bonds. The van der Waals surface area contributed by atoms with Gasteiger partial charge in [-0.3, -0.25) is 29.3 Å². The van der Waals surface area contributed by atoms with Gasteiger partial charge in [0.25, 0.3) is 29.5 Å². The highest BCUT2D eigenvalue weighted by molar-refractivity contribution is 6.10. The standard InChI is InChI=1S/C42H48N12O9/c1-42(2,3)63-41(61)48-28-15-33(53(8)22-28)39(59)46-26-13-31(51(6)20-26)37(57)44-24-11-29(49(4)18-24)35(55)43-23-12-30(50(5)17-23)36(56)45-25-14-32(52(7)19-25)38(58)47-27-16-34(40(60)62-10)54(9)21-27/h11-22H,1-10H3,(H,43,55)(H,44,57)(H,45,56)(H,46,59)(H,47,58)(H,48,61). The summed E-state index contributed by atoms with van der Waals surface area (Å²) in [6.45, 7) is 5.22. The number of nitrogens with zero attached hydrogens (tertiary/aromatic N) is 6. The molecule has 0 aromatic carbocycles. The second kappa shape index (κ2) is 17.4. The third kappa shape index (κ3) is 10.2. The highest BCUT2D eigenvalue weighted by Crippen LogP contribution is 2.23. The molecule has 0 aliphatic heterocycles. The van der Waals surface area contributed by atoms with Gasteiger partial charge in [-0.05, 0) is 57.2 Å². The molecule has 6 aromatic rings. The number of methoxy groups -OCH3 is 1. The van der Waals surface area contributed by atoms with Crippen LogP contribution >= 0.6 is 0 Å². The summed E-state index contributed by atoms with van der Waals surface area (Å²) in [4.78, 5) is 90.5. The Morgan fingerprint density at radius 2 is 0.619 bits per heavy atom. The third-order valence-corrected chi connectivity index (χ3v) is 9.52. The minimum Gasteiger partial charge on any atom is -0.464 e. The van der Waals surface area contributed by atoms with Gasteiger partial charge in [0.15, 0.2) is 0 Å². The molecule has 63 heavy (non-hydrogen) atoms. The van der Waals surface area contributed by atoms with E-state index in [0.29, 0.717) is 34.1 Å². The van der Waals surface area contributed by atoms with E-state index in [0.717, 1.165) is 0 Å². The maximum Gasteiger partial charge on any atom is 0.412 e. The topological polar surface area (TPSA) is 240 Å². The average Bonchev–Trinajstić information content (AvgIpc) is 4.04. The van der Waals surface area contributed by atoms with E-state index in [1.165, 1.54) is 66.3 Å². The van der Waals surface area contributed by atoms with Crippen LogP contribution < -0.4 is 31.9 Å². The number of hydrogen-bond donors (Lipinski definition) is 6. The van der Waals surface area contributed by atoms with E-state index < -0.39 is 47.2 Å². The van der Waals surface area contributed by atoms with Crippen LogP contribution in [0.4, 0.5) is 38.9 Å². The Morgan fingerprint density at radius 3 is 0.857 bits per heavy atom. The Morgan fingerprint density at radius 1 is 0.397 bits per heavy atom. The van der Waals surface area contributed by atoms with Crippen molar-refractivity contribution in [1.82, 2.24) is 27.4 Å². The molecule has 6 heterocycles. The Labute approximate surface area is 360 Å². The number of esters is 1. The van der Waals surface area contributed by atoms with Crippen molar-refractivity contribution in [2.24, 2.45) is 42.3 Å². The Balaban J connectivity index is 1.04. The van der Waals surface area contributed by atoms with Crippen molar-refractivity contribution in [2.75, 3.05) is 39.0 Å². The number of carbonyl (C=O) groups excluding carboxylic acids is 7. The monoisotopic (exact) mass is 864 g/mol. The van der Waals surface area contributed by atoms with Crippen LogP contribution in [0, 0.1) is 0 Å². The summed E-state index contributed by atoms with van der Waals surface area (Å²) < 4.78 is 19.2. The highest BCUT2D eigenvalue weighted by Gasteiger charge is 2.23. The molecule has 0 bridgehead atoms. The van der Waals surface area contributed by atoms with Crippen LogP contribution in [0.1, 0.15) is 83.7 Å². The first kappa shape index (κ1) is 44.3. The van der Waals surface area contributed by atoms with Crippen molar-refractivity contribution in [2.45, 2.75) is 26.4 Å². The lowest BCUT2D eigenvalue weighted by Crippen LogP contribution is -2.27. The van der Waals surface area contributed by atoms with Gasteiger partial charge in [-0.1, -0.05) is 0 Å². The fourth-order valence-electron chi connectivity index (χ4n) is 6.63. The first-order valence-electron chi connectivity index (χ1n) is 19.2. The summed E-state index contributed by atoms with van der Waals surface area (Å²) in [6.07, 6.45) is 8.75. The van der Waals surface area contributed by atoms with Crippen molar-refractivity contribution >= 4 is 75.7 Å². The number of anilines is 6. The van der Waals surface area contributed by atoms with Crippen LogP contribution in [0.3, 0.4) is 0 Å². The smallest absolute Gasteiger partial charge is 0.412 e. The minimum atomic E-state index is -0.695. The summed E-state index contributed by atoms with van der Waals surface area (Å²) in [5, 5.41) is 16.4. The normalized spacial score (nSPS) is 11.1. The Kier molecular flexibility index (Phi) is 12.2. The molecule has 0 atom stereocenters. The second-order valence-electron chi connectivity index (χ2n) is 15.7. The predicted octanol–water partition coefficient (Wildman–Crippen LogP) is 5.11. The molecule has 0 spiro atoms. The van der Waals surface area contributed by atoms with E-state index in [9.17, 15) is 33.6 Å². The van der Waals surface area contributed by atoms with Crippen LogP contribution in [0.2, 0.25) is 0 Å². The van der Waals surface area contributed by atoms with E-state index in [4.69, 9.17) is 9.47 Å². The van der Waals surface area contributed by atoms with Crippen LogP contribution in [0.25, 0.3) is 0 Å². The Hall–Kier alpha value is -8.23. The lowest BCUT2D eigenvalue weighted by molar-refractivity contribution is 0.0587. The Bertz CT molecular complexity index is 2800. The van der Waals surface area contributed by atoms with E-state index in [1.807, 2.05) is 0 Å². The van der Waals surface area contributed by atoms with Gasteiger partial charge in [-0.2, -0.15) is 0 Å². The van der Waals surface area contributed by atoms with Crippen LogP contribution in [0.15, 0.2) is 73.6 Å². The van der Waals surface area contributed by atoms with Crippen molar-refractivity contribution in [3.8, 4) is 0 Å². The molecule has 6 aromatic heterocycles. The maximum atomic E-state index is 13.4. The van der Waals surface area contributed by atoms with Gasteiger partial charge in [0.2, 0.25) is 0 Å². The van der Waals surface area contributed by atoms with Crippen molar-refractivity contribution in [3.05, 3.63) is 108 Å². The van der Waals surface area contributed by atoms with Gasteiger partial charge < -0.3 is 63.5 Å². The first-order valence-corrected chi connectivity index (χ1v) is 19.2. The zero-order chi connectivity index (χ0) is 46.1. The zero-order valence-electron chi connectivity index (χ0n) is 36.3. The molecule has 6 rings (SSSR count). The molecule has 6 N–H and O–H groups in total. The molecule has 0 aliphatic carbocycles. The van der Waals surface area contributed by atoms with Crippen LogP contribution in [-0.4, -0.2) is 81.7 Å². The van der Waals surface area contributed by atoms with Gasteiger partial charge in [0, 0.05) is 79.5 Å². The number of carbonyl (C=O) groups is 7. The van der Waals surface area contributed by atoms with E-state index in [-0.39, 0.29) is 34.2 Å². The largest absolute Gasteiger partial charge is 0.464 e. The summed E-state index contributed by atoms with van der Waals surface area (Å²) in [5.74, 6) is -3.03. The fourth-order valence-corrected chi connectivity index (χ4v) is 6.63. The molecule has 21 nitrogen and oxygen atoms in total. The lowest BCUT2D eigenvalue weighted by Gasteiger charge is -2.19. The highest BCUT2D eigenvalue weighted by atomic mass is 16.6. The van der Waals surface area contributed by atoms with Gasteiger partial charge in [-0.15, -0.1) is 0 Å². The molecular weight excluding hydrogens is 817 g/mol. The molecule has 0 fully saturated rings. The summed E-state index contributed by atoms with van der Waals surface area (Å²) in [6, 6.07) is 8.97. The number of rotatable bonds is 12. The molecule has 0 unspecified atom stereocenters. The molecule has 0 saturated carbocycles. The zero-order valence-corrected chi connectivity index (χ0v) is 36.3. The van der Waals surface area contributed by atoms with Crippen molar-refractivity contribution in [3.63, 3.8) is 0 Å². The second-order valence-corrected chi connectivity index (χ2v) is 15.7. The van der Waals surface area contributed by atoms with Gasteiger partial charge in [0.05, 0.1) is 41.2 Å². The third-order valence-electron chi connectivity index (χ3n) is 9.52. The van der Waals surface area contributed by atoms with Crippen molar-refractivity contribution in [1.29, 1.82) is 0 Å². The SMILES string of the molecule is COC(=O)c1cc(NC(=O)c2cc(NC(=O)c3cc(NC(=O)c4cc(NC(=O)c5cc(NC(=O)c6cc(NC(=O)OC(C)(C)C)cn6C)cn5C)cn4C)cn3C)cn2C)cn1C. The van der Waals surface area contributed by atoms with E-state index in [1.54, 1.807) is 105 Å². The van der Waals surface area contributed by atoms with Crippen molar-refractivity contribution < 1.29 is 43.0 Å². The van der Waals surface area contributed by atoms with Gasteiger partial charge in [0.1, 0.15) is 39.8 Å². The quantitative estimate of drug-likeness (QED) is 0.0895. The molecule has 0 aliphatic rings. The summed E-state index contributed by atoms with van der Waals surface area (Å²) >= 11 is 0. The maximum absolute atomic E-state index is 13.4. The fraction of sp³-hybridized carbons (Fsp3) is 0.262. The number of aromatic nitrogens is 6. The van der Waals surface area contributed by atoms with Crippen LogP contribution in [-0.2, 0) is 51.8 Å². The van der Waals surface area contributed by atoms with Crippen LogP contribution in [0.5, 0.6) is 0 Å². The van der Waals surface area contributed by atoms with Gasteiger partial charge in [-0.25, -0.2) is 9.59 Å². The predicted molar refractivity (Wildman–Crippen MR) is 233 cm³/mol. The molecule has 0 saturated heterocycles. The number of aryl methyl sites for hydroxylation is 6. The molecule has 21 heteroatoms. The number of amides is 6. The number of ether oxygens (including phenoxy) is 2. The molecule has 330 valence electrons. The first-order chi connectivity index (χ1) is 29.6. The number of hydrogen-bond acceptors (Lipinski definition) is 9. The summed E-state index contributed by atoms with van der Waals surface area (Å²) in [5.41, 5.74) is 2.75. The van der Waals surface area contributed by atoms with E-state index >= 15 is 0 Å². The molecular formula is C42H48N12O9. The summed E-state index contributed by atoms with van der Waals surface area (Å²) in [7, 11) is 11.1. The number of nitrogens with one attached hydrogen (secondary N) is 6. The van der Waals surface area contributed by atoms with E-state index in [2.05, 4.69) is 31.9 Å². The van der Waals surface area contributed by atoms with Gasteiger partial charge >= 0.3 is 12.1 Å². The average molecular weight is 865 g/mol. The lowest BCUT2D eigenvalue weighted by atomic mass is 10.2.